The largest absolute Gasteiger partial charge is 0.449 e. The fraction of sp³-hybridized carbons (Fsp3) is 0.800. The SMILES string of the molecule is CCN1CCC(Cc2nc(CCCNC)co2)CC1. The molecule has 1 fully saturated rings. The summed E-state index contributed by atoms with van der Waals surface area (Å²) in [5, 5.41) is 3.16. The zero-order valence-corrected chi connectivity index (χ0v) is 12.3. The lowest BCUT2D eigenvalue weighted by atomic mass is 9.93. The van der Waals surface area contributed by atoms with E-state index >= 15 is 0 Å². The van der Waals surface area contributed by atoms with Gasteiger partial charge in [0.25, 0.3) is 0 Å². The number of rotatable bonds is 7. The van der Waals surface area contributed by atoms with E-state index in [2.05, 4.69) is 22.1 Å². The van der Waals surface area contributed by atoms with Crippen LogP contribution in [0.15, 0.2) is 10.7 Å². The molecule has 19 heavy (non-hydrogen) atoms. The summed E-state index contributed by atoms with van der Waals surface area (Å²) >= 11 is 0. The van der Waals surface area contributed by atoms with Crippen LogP contribution in [-0.2, 0) is 12.8 Å². The number of aryl methyl sites for hydroxylation is 1. The molecule has 1 saturated heterocycles. The van der Waals surface area contributed by atoms with E-state index in [1.165, 1.54) is 32.5 Å². The number of nitrogens with one attached hydrogen (secondary N) is 1. The maximum atomic E-state index is 5.61. The smallest absolute Gasteiger partial charge is 0.194 e. The van der Waals surface area contributed by atoms with Crippen LogP contribution in [0, 0.1) is 5.92 Å². The Morgan fingerprint density at radius 2 is 2.21 bits per heavy atom. The molecule has 0 saturated carbocycles. The Bertz CT molecular complexity index is 356. The van der Waals surface area contributed by atoms with E-state index in [0.717, 1.165) is 43.3 Å². The molecule has 1 N–H and O–H groups in total. The highest BCUT2D eigenvalue weighted by Gasteiger charge is 2.20. The third-order valence-electron chi connectivity index (χ3n) is 4.08. The van der Waals surface area contributed by atoms with Gasteiger partial charge in [0, 0.05) is 6.42 Å². The van der Waals surface area contributed by atoms with Gasteiger partial charge in [-0.15, -0.1) is 0 Å². The Balaban J connectivity index is 1.74. The molecule has 0 radical (unpaired) electrons. The third kappa shape index (κ3) is 4.62. The average molecular weight is 265 g/mol. The van der Waals surface area contributed by atoms with Crippen molar-refractivity contribution < 1.29 is 4.42 Å². The minimum Gasteiger partial charge on any atom is -0.449 e. The zero-order chi connectivity index (χ0) is 13.5. The van der Waals surface area contributed by atoms with Gasteiger partial charge in [-0.2, -0.15) is 0 Å². The lowest BCUT2D eigenvalue weighted by molar-refractivity contribution is 0.187. The van der Waals surface area contributed by atoms with E-state index in [0.29, 0.717) is 0 Å². The fourth-order valence-electron chi connectivity index (χ4n) is 2.76. The standard InChI is InChI=1S/C15H27N3O/c1-3-18-9-6-13(7-10-18)11-15-17-14(12-19-15)5-4-8-16-2/h12-13,16H,3-11H2,1-2H3. The van der Waals surface area contributed by atoms with Crippen LogP contribution in [-0.4, -0.2) is 43.1 Å². The fourth-order valence-corrected chi connectivity index (χ4v) is 2.76. The Morgan fingerprint density at radius 1 is 1.42 bits per heavy atom. The quantitative estimate of drug-likeness (QED) is 0.767. The van der Waals surface area contributed by atoms with Crippen molar-refractivity contribution in [3.63, 3.8) is 0 Å². The highest BCUT2D eigenvalue weighted by molar-refractivity contribution is 4.98. The van der Waals surface area contributed by atoms with Gasteiger partial charge in [-0.05, 0) is 64.8 Å². The molecule has 1 aromatic rings. The number of piperidine rings is 1. The van der Waals surface area contributed by atoms with Crippen molar-refractivity contribution in [1.29, 1.82) is 0 Å². The first kappa shape index (κ1) is 14.5. The Labute approximate surface area is 116 Å². The van der Waals surface area contributed by atoms with Crippen LogP contribution in [0.5, 0.6) is 0 Å². The lowest BCUT2D eigenvalue weighted by Gasteiger charge is -2.30. The first-order valence-corrected chi connectivity index (χ1v) is 7.62. The summed E-state index contributed by atoms with van der Waals surface area (Å²) in [4.78, 5) is 7.13. The summed E-state index contributed by atoms with van der Waals surface area (Å²) in [6, 6.07) is 0. The second-order valence-corrected chi connectivity index (χ2v) is 5.52. The van der Waals surface area contributed by atoms with Crippen LogP contribution in [0.25, 0.3) is 0 Å². The van der Waals surface area contributed by atoms with Crippen LogP contribution < -0.4 is 5.32 Å². The van der Waals surface area contributed by atoms with Gasteiger partial charge in [-0.1, -0.05) is 6.92 Å². The maximum absolute atomic E-state index is 5.61. The van der Waals surface area contributed by atoms with Crippen LogP contribution in [0.4, 0.5) is 0 Å². The van der Waals surface area contributed by atoms with Crippen molar-refractivity contribution in [2.24, 2.45) is 5.92 Å². The molecule has 0 aromatic carbocycles. The molecule has 0 unspecified atom stereocenters. The normalized spacial score (nSPS) is 18.0. The zero-order valence-electron chi connectivity index (χ0n) is 12.3. The van der Waals surface area contributed by atoms with Crippen molar-refractivity contribution in [2.75, 3.05) is 33.2 Å². The van der Waals surface area contributed by atoms with Gasteiger partial charge >= 0.3 is 0 Å². The van der Waals surface area contributed by atoms with Crippen LogP contribution in [0.3, 0.4) is 0 Å². The molecule has 0 spiro atoms. The lowest BCUT2D eigenvalue weighted by Crippen LogP contribution is -2.34. The predicted octanol–water partition coefficient (Wildman–Crippen LogP) is 2.10. The van der Waals surface area contributed by atoms with E-state index in [4.69, 9.17) is 4.42 Å². The average Bonchev–Trinajstić information content (AvgIpc) is 2.88. The van der Waals surface area contributed by atoms with Crippen molar-refractivity contribution in [2.45, 2.75) is 39.0 Å². The van der Waals surface area contributed by atoms with Crippen molar-refractivity contribution in [1.82, 2.24) is 15.2 Å². The molecule has 0 aliphatic carbocycles. The topological polar surface area (TPSA) is 41.3 Å². The van der Waals surface area contributed by atoms with Crippen LogP contribution in [0.1, 0.15) is 37.8 Å². The van der Waals surface area contributed by atoms with Crippen molar-refractivity contribution in [3.8, 4) is 0 Å². The van der Waals surface area contributed by atoms with Crippen molar-refractivity contribution >= 4 is 0 Å². The molecule has 4 heteroatoms. The van der Waals surface area contributed by atoms with Gasteiger partial charge in [0.05, 0.1) is 5.69 Å². The summed E-state index contributed by atoms with van der Waals surface area (Å²) in [7, 11) is 1.98. The van der Waals surface area contributed by atoms with E-state index in [1.54, 1.807) is 0 Å². The summed E-state index contributed by atoms with van der Waals surface area (Å²) in [6.45, 7) is 6.93. The molecule has 0 bridgehead atoms. The van der Waals surface area contributed by atoms with Crippen LogP contribution >= 0.6 is 0 Å². The predicted molar refractivity (Wildman–Crippen MR) is 77.3 cm³/mol. The Kier molecular flexibility index (Phi) is 5.86. The summed E-state index contributed by atoms with van der Waals surface area (Å²) in [5.74, 6) is 1.70. The maximum Gasteiger partial charge on any atom is 0.194 e. The van der Waals surface area contributed by atoms with E-state index in [-0.39, 0.29) is 0 Å². The molecule has 1 aliphatic heterocycles. The molecule has 2 heterocycles. The van der Waals surface area contributed by atoms with E-state index in [1.807, 2.05) is 13.3 Å². The number of hydrogen-bond donors (Lipinski definition) is 1. The molecule has 4 nitrogen and oxygen atoms in total. The number of likely N-dealkylation sites (tertiary alicyclic amines) is 1. The molecule has 0 atom stereocenters. The van der Waals surface area contributed by atoms with E-state index < -0.39 is 0 Å². The minimum atomic E-state index is 0.756. The van der Waals surface area contributed by atoms with Gasteiger partial charge in [0.2, 0.25) is 0 Å². The Morgan fingerprint density at radius 3 is 2.89 bits per heavy atom. The van der Waals surface area contributed by atoms with E-state index in [9.17, 15) is 0 Å². The summed E-state index contributed by atoms with van der Waals surface area (Å²) < 4.78 is 5.61. The monoisotopic (exact) mass is 265 g/mol. The minimum absolute atomic E-state index is 0.756. The molecular formula is C15H27N3O. The summed E-state index contributed by atoms with van der Waals surface area (Å²) in [6.07, 6.45) is 7.56. The first-order valence-electron chi connectivity index (χ1n) is 7.62. The first-order chi connectivity index (χ1) is 9.31. The number of oxazole rings is 1. The molecule has 1 aromatic heterocycles. The van der Waals surface area contributed by atoms with Gasteiger partial charge in [-0.3, -0.25) is 0 Å². The highest BCUT2D eigenvalue weighted by Crippen LogP contribution is 2.21. The Hall–Kier alpha value is -0.870. The number of hydrogen-bond acceptors (Lipinski definition) is 4. The van der Waals surface area contributed by atoms with Gasteiger partial charge < -0.3 is 14.6 Å². The van der Waals surface area contributed by atoms with Crippen LogP contribution in [0.2, 0.25) is 0 Å². The van der Waals surface area contributed by atoms with Crippen molar-refractivity contribution in [3.05, 3.63) is 17.8 Å². The second-order valence-electron chi connectivity index (χ2n) is 5.52. The molecular weight excluding hydrogens is 238 g/mol. The summed E-state index contributed by atoms with van der Waals surface area (Å²) in [5.41, 5.74) is 1.11. The molecule has 1 aliphatic rings. The number of nitrogens with zero attached hydrogens (tertiary/aromatic N) is 2. The second kappa shape index (κ2) is 7.65. The van der Waals surface area contributed by atoms with Gasteiger partial charge in [0.1, 0.15) is 6.26 Å². The molecule has 2 rings (SSSR count). The highest BCUT2D eigenvalue weighted by atomic mass is 16.3. The molecule has 108 valence electrons. The third-order valence-corrected chi connectivity index (χ3v) is 4.08. The number of aromatic nitrogens is 1. The van der Waals surface area contributed by atoms with Gasteiger partial charge in [-0.25, -0.2) is 4.98 Å². The van der Waals surface area contributed by atoms with Gasteiger partial charge in [0.15, 0.2) is 5.89 Å². The molecule has 0 amide bonds.